The van der Waals surface area contributed by atoms with Crippen LogP contribution in [0.25, 0.3) is 5.65 Å². The van der Waals surface area contributed by atoms with Gasteiger partial charge in [0.05, 0.1) is 29.3 Å². The highest BCUT2D eigenvalue weighted by atomic mass is 32.2. The molecule has 11 heteroatoms. The van der Waals surface area contributed by atoms with Crippen LogP contribution in [0.3, 0.4) is 0 Å². The van der Waals surface area contributed by atoms with Crippen molar-refractivity contribution < 1.29 is 17.2 Å². The van der Waals surface area contributed by atoms with Crippen molar-refractivity contribution in [1.29, 1.82) is 0 Å². The number of aromatic nitrogens is 5. The zero-order valence-electron chi connectivity index (χ0n) is 14.7. The molecule has 1 aliphatic heterocycles. The second kappa shape index (κ2) is 6.34. The third-order valence-electron chi connectivity index (χ3n) is 4.83. The summed E-state index contributed by atoms with van der Waals surface area (Å²) < 4.78 is 55.8. The highest BCUT2D eigenvalue weighted by Crippen LogP contribution is 2.37. The zero-order valence-corrected chi connectivity index (χ0v) is 15.6. The minimum Gasteiger partial charge on any atom is -0.237 e. The lowest BCUT2D eigenvalue weighted by molar-refractivity contribution is 0.0541. The lowest BCUT2D eigenvalue weighted by Gasteiger charge is -2.24. The molecule has 4 heterocycles. The number of fused-ring (bicyclic) bond motifs is 1. The molecule has 3 aromatic heterocycles. The van der Waals surface area contributed by atoms with Gasteiger partial charge in [0.25, 0.3) is 0 Å². The van der Waals surface area contributed by atoms with Gasteiger partial charge in [0, 0.05) is 18.8 Å². The Bertz CT molecular complexity index is 1110. The summed E-state index contributed by atoms with van der Waals surface area (Å²) >= 11 is 0. The van der Waals surface area contributed by atoms with Crippen molar-refractivity contribution in [2.75, 3.05) is 6.54 Å². The molecule has 4 rings (SSSR count). The maximum Gasteiger partial charge on any atom is 0.333 e. The second-order valence-electron chi connectivity index (χ2n) is 6.52. The number of aryl methyl sites for hydroxylation is 1. The van der Waals surface area contributed by atoms with Gasteiger partial charge in [0.2, 0.25) is 10.0 Å². The summed E-state index contributed by atoms with van der Waals surface area (Å²) in [6, 6.07) is 3.11. The van der Waals surface area contributed by atoms with Crippen LogP contribution in [0, 0.1) is 13.8 Å². The molecule has 0 aromatic carbocycles. The standard InChI is InChI=1S/C16H18F2N6O2S/c1-10-8-15-19-6-5-13(24(15)21-10)12-4-3-7-22(12)27(25,26)14-9-20-23(11(14)2)16(17)18/h5-6,8-9,12,16H,3-4,7H2,1-2H3. The first-order chi connectivity index (χ1) is 12.8. The molecule has 1 unspecified atom stereocenters. The number of sulfonamides is 1. The SMILES string of the molecule is Cc1cc2nccc(C3CCCN3S(=O)(=O)c3cnn(C(F)F)c3C)n2n1. The molecule has 0 spiro atoms. The topological polar surface area (TPSA) is 85.4 Å². The van der Waals surface area contributed by atoms with Crippen molar-refractivity contribution in [2.24, 2.45) is 0 Å². The van der Waals surface area contributed by atoms with E-state index in [1.165, 1.54) is 11.2 Å². The average Bonchev–Trinajstić information content (AvgIpc) is 3.30. The summed E-state index contributed by atoms with van der Waals surface area (Å²) in [5.41, 5.74) is 2.03. The summed E-state index contributed by atoms with van der Waals surface area (Å²) in [7, 11) is -3.99. The lowest BCUT2D eigenvalue weighted by atomic mass is 10.1. The van der Waals surface area contributed by atoms with Gasteiger partial charge in [-0.15, -0.1) is 0 Å². The van der Waals surface area contributed by atoms with Gasteiger partial charge in [-0.05, 0) is 32.8 Å². The molecular weight excluding hydrogens is 378 g/mol. The molecule has 0 radical (unpaired) electrons. The van der Waals surface area contributed by atoms with Gasteiger partial charge >= 0.3 is 6.55 Å². The van der Waals surface area contributed by atoms with E-state index in [-0.39, 0.29) is 10.6 Å². The normalized spacial score (nSPS) is 18.8. The summed E-state index contributed by atoms with van der Waals surface area (Å²) in [6.45, 7) is 0.578. The number of rotatable bonds is 4. The molecule has 27 heavy (non-hydrogen) atoms. The Morgan fingerprint density at radius 3 is 2.78 bits per heavy atom. The van der Waals surface area contributed by atoms with Crippen LogP contribution in [0.15, 0.2) is 29.4 Å². The minimum absolute atomic E-state index is 0.0783. The molecule has 0 bridgehead atoms. The number of hydrogen-bond acceptors (Lipinski definition) is 5. The maximum absolute atomic E-state index is 13.2. The summed E-state index contributed by atoms with van der Waals surface area (Å²) in [6.07, 6.45) is 3.89. The summed E-state index contributed by atoms with van der Waals surface area (Å²) in [4.78, 5) is 4.05. The number of hydrogen-bond donors (Lipinski definition) is 0. The monoisotopic (exact) mass is 396 g/mol. The molecule has 8 nitrogen and oxygen atoms in total. The predicted molar refractivity (Wildman–Crippen MR) is 91.8 cm³/mol. The van der Waals surface area contributed by atoms with Crippen molar-refractivity contribution >= 4 is 15.7 Å². The molecule has 144 valence electrons. The molecule has 0 amide bonds. The van der Waals surface area contributed by atoms with Crippen LogP contribution in [-0.2, 0) is 10.0 Å². The molecule has 0 saturated carbocycles. The second-order valence-corrected chi connectivity index (χ2v) is 8.37. The van der Waals surface area contributed by atoms with Crippen molar-refractivity contribution in [3.8, 4) is 0 Å². The smallest absolute Gasteiger partial charge is 0.237 e. The van der Waals surface area contributed by atoms with E-state index in [0.29, 0.717) is 35.4 Å². The average molecular weight is 396 g/mol. The van der Waals surface area contributed by atoms with Gasteiger partial charge in [0.15, 0.2) is 5.65 Å². The van der Waals surface area contributed by atoms with E-state index in [9.17, 15) is 17.2 Å². The Balaban J connectivity index is 1.79. The van der Waals surface area contributed by atoms with Gasteiger partial charge in [-0.2, -0.15) is 23.3 Å². The van der Waals surface area contributed by atoms with E-state index in [1.54, 1.807) is 16.8 Å². The zero-order chi connectivity index (χ0) is 19.3. The van der Waals surface area contributed by atoms with Gasteiger partial charge in [0.1, 0.15) is 4.90 Å². The van der Waals surface area contributed by atoms with E-state index in [2.05, 4.69) is 15.2 Å². The van der Waals surface area contributed by atoms with Crippen LogP contribution < -0.4 is 0 Å². The first-order valence-electron chi connectivity index (χ1n) is 8.46. The fourth-order valence-corrected chi connectivity index (χ4v) is 5.41. The van der Waals surface area contributed by atoms with Crippen molar-refractivity contribution in [2.45, 2.75) is 44.2 Å². The Hall–Kier alpha value is -2.40. The molecule has 1 saturated heterocycles. The first-order valence-corrected chi connectivity index (χ1v) is 9.90. The highest BCUT2D eigenvalue weighted by Gasteiger charge is 2.39. The largest absolute Gasteiger partial charge is 0.333 e. The van der Waals surface area contributed by atoms with Crippen LogP contribution in [0.2, 0.25) is 0 Å². The quantitative estimate of drug-likeness (QED) is 0.676. The summed E-state index contributed by atoms with van der Waals surface area (Å²) in [5, 5.41) is 7.95. The van der Waals surface area contributed by atoms with E-state index in [1.807, 2.05) is 13.0 Å². The van der Waals surface area contributed by atoms with Crippen molar-refractivity contribution in [1.82, 2.24) is 28.7 Å². The third kappa shape index (κ3) is 2.81. The van der Waals surface area contributed by atoms with Gasteiger partial charge in [-0.3, -0.25) is 0 Å². The molecule has 0 aliphatic carbocycles. The molecule has 1 fully saturated rings. The third-order valence-corrected chi connectivity index (χ3v) is 6.84. The Labute approximate surface area is 154 Å². The fourth-order valence-electron chi connectivity index (χ4n) is 3.59. The van der Waals surface area contributed by atoms with E-state index in [4.69, 9.17) is 0 Å². The Kier molecular flexibility index (Phi) is 4.22. The minimum atomic E-state index is -3.99. The predicted octanol–water partition coefficient (Wildman–Crippen LogP) is 2.46. The van der Waals surface area contributed by atoms with Crippen molar-refractivity contribution in [3.05, 3.63) is 41.6 Å². The first kappa shape index (κ1) is 18.0. The Morgan fingerprint density at radius 1 is 1.30 bits per heavy atom. The summed E-state index contributed by atoms with van der Waals surface area (Å²) in [5.74, 6) is 0. The van der Waals surface area contributed by atoms with Crippen LogP contribution in [0.5, 0.6) is 0 Å². The van der Waals surface area contributed by atoms with Crippen LogP contribution >= 0.6 is 0 Å². The number of alkyl halides is 2. The van der Waals surface area contributed by atoms with E-state index < -0.39 is 22.6 Å². The number of nitrogens with zero attached hydrogens (tertiary/aromatic N) is 6. The highest BCUT2D eigenvalue weighted by molar-refractivity contribution is 7.89. The van der Waals surface area contributed by atoms with Gasteiger partial charge in [-0.1, -0.05) is 0 Å². The van der Waals surface area contributed by atoms with Crippen LogP contribution in [0.4, 0.5) is 8.78 Å². The van der Waals surface area contributed by atoms with Crippen molar-refractivity contribution in [3.63, 3.8) is 0 Å². The molecule has 0 N–H and O–H groups in total. The van der Waals surface area contributed by atoms with Gasteiger partial charge in [-0.25, -0.2) is 22.6 Å². The molecule has 3 aromatic rings. The van der Waals surface area contributed by atoms with Gasteiger partial charge < -0.3 is 0 Å². The maximum atomic E-state index is 13.2. The molecule has 1 aliphatic rings. The fraction of sp³-hybridized carbons (Fsp3) is 0.438. The Morgan fingerprint density at radius 2 is 2.07 bits per heavy atom. The lowest BCUT2D eigenvalue weighted by Crippen LogP contribution is -2.32. The van der Waals surface area contributed by atoms with E-state index in [0.717, 1.165) is 11.9 Å². The molecular formula is C16H18F2N6O2S. The van der Waals surface area contributed by atoms with Crippen LogP contribution in [-0.4, -0.2) is 43.6 Å². The molecule has 1 atom stereocenters. The van der Waals surface area contributed by atoms with Crippen LogP contribution in [0.1, 0.15) is 42.5 Å². The number of halogens is 2. The van der Waals surface area contributed by atoms with E-state index >= 15 is 0 Å².